The Kier molecular flexibility index (Phi) is 56.6. The molecule has 7 atom stereocenters. The lowest BCUT2D eigenvalue weighted by molar-refractivity contribution is -0.161. The fourth-order valence-corrected chi connectivity index (χ4v) is 11.7. The maximum atomic E-state index is 13.0. The lowest BCUT2D eigenvalue weighted by Gasteiger charge is -2.21. The number of carbonyl (C=O) groups excluding carboxylic acids is 4. The number of aliphatic hydroxyl groups is 1. The lowest BCUT2D eigenvalue weighted by Crippen LogP contribution is -2.30. The van der Waals surface area contributed by atoms with Crippen LogP contribution in [0.15, 0.2) is 0 Å². The maximum Gasteiger partial charge on any atom is 0.472 e. The van der Waals surface area contributed by atoms with Crippen LogP contribution >= 0.6 is 15.6 Å². The maximum absolute atomic E-state index is 13.0. The highest BCUT2D eigenvalue weighted by atomic mass is 31.2. The topological polar surface area (TPSA) is 237 Å². The normalized spacial score (nSPS) is 15.0. The van der Waals surface area contributed by atoms with Crippen molar-refractivity contribution in [3.8, 4) is 0 Å². The molecule has 0 aliphatic carbocycles. The van der Waals surface area contributed by atoms with Crippen molar-refractivity contribution >= 4 is 39.5 Å². The Labute approximate surface area is 530 Å². The molecule has 0 heterocycles. The molecular formula is C68H132O17P2. The Hall–Kier alpha value is -1.94. The SMILES string of the molecule is CCC(C)CCCCCCCCC(=O)OC[C@H](COP(=O)(O)OC[C@H](O)COP(=O)(O)OC[C@@H](COC(=O)CCCCCCCCCC(C)C)OC(=O)CCCCCCCCCCCCCCCCC(C)C)OC(=O)CCCCCCCCC(C)CC. The molecule has 516 valence electrons. The third kappa shape index (κ3) is 60.1. The number of hydrogen-bond acceptors (Lipinski definition) is 15. The predicted octanol–water partition coefficient (Wildman–Crippen LogP) is 18.9. The van der Waals surface area contributed by atoms with Crippen LogP contribution in [0.2, 0.25) is 0 Å². The summed E-state index contributed by atoms with van der Waals surface area (Å²) >= 11 is 0. The highest BCUT2D eigenvalue weighted by Crippen LogP contribution is 2.45. The van der Waals surface area contributed by atoms with Crippen LogP contribution in [0.4, 0.5) is 0 Å². The smallest absolute Gasteiger partial charge is 0.462 e. The quantitative estimate of drug-likeness (QED) is 0.0222. The molecule has 0 spiro atoms. The van der Waals surface area contributed by atoms with Crippen molar-refractivity contribution in [3.63, 3.8) is 0 Å². The molecule has 17 nitrogen and oxygen atoms in total. The minimum atomic E-state index is -4.95. The molecule has 4 unspecified atom stereocenters. The zero-order valence-corrected chi connectivity index (χ0v) is 58.4. The third-order valence-electron chi connectivity index (χ3n) is 16.3. The zero-order valence-electron chi connectivity index (χ0n) is 56.6. The van der Waals surface area contributed by atoms with Gasteiger partial charge in [0, 0.05) is 25.7 Å². The van der Waals surface area contributed by atoms with Gasteiger partial charge in [0.25, 0.3) is 0 Å². The van der Waals surface area contributed by atoms with Crippen LogP contribution in [0.5, 0.6) is 0 Å². The summed E-state index contributed by atoms with van der Waals surface area (Å²) in [6.45, 7) is 14.0. The predicted molar refractivity (Wildman–Crippen MR) is 349 cm³/mol. The van der Waals surface area contributed by atoms with E-state index in [4.69, 9.17) is 37.0 Å². The number of esters is 4. The molecule has 0 aromatic carbocycles. The van der Waals surface area contributed by atoms with Gasteiger partial charge in [-0.3, -0.25) is 37.3 Å². The minimum absolute atomic E-state index is 0.101. The van der Waals surface area contributed by atoms with Crippen molar-refractivity contribution in [2.75, 3.05) is 39.6 Å². The average molecular weight is 1280 g/mol. The first-order valence-electron chi connectivity index (χ1n) is 35.3. The average Bonchev–Trinajstić information content (AvgIpc) is 3.57. The van der Waals surface area contributed by atoms with Crippen LogP contribution < -0.4 is 0 Å². The molecule has 0 bridgehead atoms. The van der Waals surface area contributed by atoms with Gasteiger partial charge in [0.05, 0.1) is 26.4 Å². The van der Waals surface area contributed by atoms with Gasteiger partial charge in [0.15, 0.2) is 12.2 Å². The van der Waals surface area contributed by atoms with E-state index >= 15 is 0 Å². The van der Waals surface area contributed by atoms with Crippen molar-refractivity contribution in [3.05, 3.63) is 0 Å². The molecule has 3 N–H and O–H groups in total. The summed E-state index contributed by atoms with van der Waals surface area (Å²) in [5.41, 5.74) is 0. The number of carbonyl (C=O) groups is 4. The second-order valence-corrected chi connectivity index (χ2v) is 28.9. The first-order chi connectivity index (χ1) is 41.7. The molecular weight excluding hydrogens is 1150 g/mol. The van der Waals surface area contributed by atoms with Gasteiger partial charge in [-0.2, -0.15) is 0 Å². The summed E-state index contributed by atoms with van der Waals surface area (Å²) in [5, 5.41) is 10.6. The van der Waals surface area contributed by atoms with Gasteiger partial charge in [-0.25, -0.2) is 9.13 Å². The summed E-state index contributed by atoms with van der Waals surface area (Å²) in [4.78, 5) is 72.4. The largest absolute Gasteiger partial charge is 0.472 e. The van der Waals surface area contributed by atoms with E-state index in [1.54, 1.807) is 0 Å². The number of rotatable bonds is 65. The van der Waals surface area contributed by atoms with Crippen LogP contribution in [-0.2, 0) is 65.4 Å². The molecule has 0 fully saturated rings. The number of phosphoric acid groups is 2. The Morgan fingerprint density at radius 3 is 0.816 bits per heavy atom. The molecule has 0 amide bonds. The Balaban J connectivity index is 5.23. The van der Waals surface area contributed by atoms with E-state index in [-0.39, 0.29) is 25.7 Å². The second-order valence-electron chi connectivity index (χ2n) is 26.0. The van der Waals surface area contributed by atoms with Gasteiger partial charge in [-0.05, 0) is 49.4 Å². The third-order valence-corrected chi connectivity index (χ3v) is 18.2. The first kappa shape index (κ1) is 85.1. The second kappa shape index (κ2) is 57.9. The summed E-state index contributed by atoms with van der Waals surface area (Å²) in [7, 11) is -9.90. The number of phosphoric ester groups is 2. The monoisotopic (exact) mass is 1280 g/mol. The van der Waals surface area contributed by atoms with E-state index < -0.39 is 97.5 Å². The van der Waals surface area contributed by atoms with E-state index in [1.165, 1.54) is 122 Å². The van der Waals surface area contributed by atoms with Crippen molar-refractivity contribution in [1.82, 2.24) is 0 Å². The van der Waals surface area contributed by atoms with Crippen LogP contribution in [0.1, 0.15) is 331 Å². The van der Waals surface area contributed by atoms with Crippen molar-refractivity contribution in [2.45, 2.75) is 350 Å². The van der Waals surface area contributed by atoms with Crippen LogP contribution in [0.25, 0.3) is 0 Å². The van der Waals surface area contributed by atoms with E-state index in [9.17, 15) is 43.2 Å². The van der Waals surface area contributed by atoms with Crippen molar-refractivity contribution in [1.29, 1.82) is 0 Å². The Morgan fingerprint density at radius 2 is 0.552 bits per heavy atom. The minimum Gasteiger partial charge on any atom is -0.462 e. The van der Waals surface area contributed by atoms with Crippen molar-refractivity contribution in [2.24, 2.45) is 23.7 Å². The molecule has 0 aliphatic heterocycles. The Bertz CT molecular complexity index is 1730. The molecule has 0 saturated heterocycles. The van der Waals surface area contributed by atoms with E-state index in [0.29, 0.717) is 31.6 Å². The fourth-order valence-electron chi connectivity index (χ4n) is 10.1. The van der Waals surface area contributed by atoms with Gasteiger partial charge < -0.3 is 33.8 Å². The zero-order chi connectivity index (χ0) is 64.7. The first-order valence-corrected chi connectivity index (χ1v) is 38.3. The summed E-state index contributed by atoms with van der Waals surface area (Å²) in [6, 6.07) is 0. The highest BCUT2D eigenvalue weighted by Gasteiger charge is 2.30. The van der Waals surface area contributed by atoms with Gasteiger partial charge in [0.1, 0.15) is 19.3 Å². The molecule has 0 aromatic rings. The van der Waals surface area contributed by atoms with Gasteiger partial charge in [-0.15, -0.1) is 0 Å². The lowest BCUT2D eigenvalue weighted by atomic mass is 10.00. The van der Waals surface area contributed by atoms with E-state index in [1.807, 2.05) is 0 Å². The highest BCUT2D eigenvalue weighted by molar-refractivity contribution is 7.47. The number of aliphatic hydroxyl groups excluding tert-OH is 1. The molecule has 87 heavy (non-hydrogen) atoms. The molecule has 0 aromatic heterocycles. The van der Waals surface area contributed by atoms with Crippen LogP contribution in [-0.4, -0.2) is 96.7 Å². The number of unbranched alkanes of at least 4 members (excludes halogenated alkanes) is 29. The number of ether oxygens (including phenoxy) is 4. The molecule has 0 radical (unpaired) electrons. The van der Waals surface area contributed by atoms with E-state index in [2.05, 4.69) is 55.4 Å². The van der Waals surface area contributed by atoms with Crippen molar-refractivity contribution < 1.29 is 80.2 Å². The fraction of sp³-hybridized carbons (Fsp3) is 0.941. The summed E-state index contributed by atoms with van der Waals surface area (Å²) in [6.07, 6.45) is 39.1. The van der Waals surface area contributed by atoms with E-state index in [0.717, 1.165) is 120 Å². The Morgan fingerprint density at radius 1 is 0.322 bits per heavy atom. The molecule has 19 heteroatoms. The van der Waals surface area contributed by atoms with Gasteiger partial charge >= 0.3 is 39.5 Å². The summed E-state index contributed by atoms with van der Waals surface area (Å²) < 4.78 is 68.1. The molecule has 0 aliphatic rings. The molecule has 0 saturated carbocycles. The standard InChI is InChI=1S/C68H132O17P2/c1-9-60(7)46-38-30-24-26-33-41-49-66(71)79-55-64(85-68(73)51-43-35-27-25-31-39-47-61(8)10-2)57-83-87(76,77)81-53-62(69)52-80-86(74,75)82-56-63(54-78-65(70)48-40-32-23-19-21-29-37-45-59(5)6)84-67(72)50-42-34-22-18-16-14-12-11-13-15-17-20-28-36-44-58(3)4/h58-64,69H,9-57H2,1-8H3,(H,74,75)(H,76,77)/t60?,61?,62-,63-,64-/m1/s1. The van der Waals surface area contributed by atoms with Gasteiger partial charge in [-0.1, -0.05) is 280 Å². The van der Waals surface area contributed by atoms with Crippen LogP contribution in [0.3, 0.4) is 0 Å². The van der Waals surface area contributed by atoms with Crippen LogP contribution in [0, 0.1) is 23.7 Å². The number of hydrogen-bond donors (Lipinski definition) is 3. The molecule has 0 rings (SSSR count). The van der Waals surface area contributed by atoms with Gasteiger partial charge in [0.2, 0.25) is 0 Å². The summed E-state index contributed by atoms with van der Waals surface area (Å²) in [5.74, 6) is 0.814.